The lowest BCUT2D eigenvalue weighted by Crippen LogP contribution is -2.33. The minimum atomic E-state index is 0.378. The van der Waals surface area contributed by atoms with Gasteiger partial charge in [0, 0.05) is 17.3 Å². The van der Waals surface area contributed by atoms with E-state index in [-0.39, 0.29) is 0 Å². The van der Waals surface area contributed by atoms with Gasteiger partial charge < -0.3 is 5.32 Å². The van der Waals surface area contributed by atoms with Gasteiger partial charge >= 0.3 is 0 Å². The third kappa shape index (κ3) is 3.61. The number of aryl methyl sites for hydroxylation is 1. The van der Waals surface area contributed by atoms with Crippen molar-refractivity contribution in [2.24, 2.45) is 7.05 Å². The average Bonchev–Trinajstić information content (AvgIpc) is 2.91. The maximum absolute atomic E-state index is 4.22. The molecule has 2 heterocycles. The molecule has 0 bridgehead atoms. The fraction of sp³-hybridized carbons (Fsp3) is 0.545. The minimum Gasteiger partial charge on any atom is -0.313 e. The van der Waals surface area contributed by atoms with E-state index in [1.807, 2.05) is 0 Å². The van der Waals surface area contributed by atoms with Gasteiger partial charge in [0.15, 0.2) is 5.82 Å². The quantitative estimate of drug-likeness (QED) is 0.833. The third-order valence-corrected chi connectivity index (χ3v) is 3.40. The molecule has 6 heteroatoms. The molecule has 0 aliphatic carbocycles. The normalized spacial score (nSPS) is 12.8. The van der Waals surface area contributed by atoms with Gasteiger partial charge in [-0.2, -0.15) is 4.80 Å². The Bertz CT molecular complexity index is 436. The summed E-state index contributed by atoms with van der Waals surface area (Å²) in [6.07, 6.45) is 1.84. The first-order chi connectivity index (χ1) is 8.28. The fourth-order valence-corrected chi connectivity index (χ4v) is 2.59. The van der Waals surface area contributed by atoms with Crippen molar-refractivity contribution in [2.75, 3.05) is 6.54 Å². The SMILES string of the molecule is CCNC(Cc1nnn(C)n1)Cc1cccs1. The zero-order valence-electron chi connectivity index (χ0n) is 10.1. The minimum absolute atomic E-state index is 0.378. The van der Waals surface area contributed by atoms with Gasteiger partial charge in [-0.1, -0.05) is 13.0 Å². The zero-order valence-corrected chi connectivity index (χ0v) is 10.9. The fourth-order valence-electron chi connectivity index (χ4n) is 1.80. The summed E-state index contributed by atoms with van der Waals surface area (Å²) in [5.41, 5.74) is 0. The van der Waals surface area contributed by atoms with E-state index in [0.717, 1.165) is 25.2 Å². The van der Waals surface area contributed by atoms with Crippen molar-refractivity contribution in [3.63, 3.8) is 0 Å². The Labute approximate surface area is 105 Å². The smallest absolute Gasteiger partial charge is 0.176 e. The Morgan fingerprint density at radius 2 is 2.35 bits per heavy atom. The first kappa shape index (κ1) is 12.2. The summed E-state index contributed by atoms with van der Waals surface area (Å²) in [6, 6.07) is 4.63. The Hall–Kier alpha value is -1.27. The van der Waals surface area contributed by atoms with E-state index in [0.29, 0.717) is 6.04 Å². The highest BCUT2D eigenvalue weighted by Gasteiger charge is 2.13. The number of hydrogen-bond acceptors (Lipinski definition) is 5. The van der Waals surface area contributed by atoms with Crippen LogP contribution in [0.3, 0.4) is 0 Å². The van der Waals surface area contributed by atoms with E-state index in [1.165, 1.54) is 9.67 Å². The second-order valence-corrected chi connectivity index (χ2v) is 4.97. The van der Waals surface area contributed by atoms with Crippen molar-refractivity contribution in [3.05, 3.63) is 28.2 Å². The summed E-state index contributed by atoms with van der Waals surface area (Å²) in [4.78, 5) is 2.89. The maximum Gasteiger partial charge on any atom is 0.176 e. The molecule has 0 radical (unpaired) electrons. The molecule has 0 aliphatic heterocycles. The molecule has 17 heavy (non-hydrogen) atoms. The van der Waals surface area contributed by atoms with Gasteiger partial charge in [0.1, 0.15) is 0 Å². The van der Waals surface area contributed by atoms with Gasteiger partial charge in [0.2, 0.25) is 0 Å². The van der Waals surface area contributed by atoms with Crippen molar-refractivity contribution in [1.29, 1.82) is 0 Å². The van der Waals surface area contributed by atoms with Gasteiger partial charge in [-0.3, -0.25) is 0 Å². The topological polar surface area (TPSA) is 55.6 Å². The van der Waals surface area contributed by atoms with Crippen LogP contribution in [0.15, 0.2) is 17.5 Å². The second kappa shape index (κ2) is 5.88. The molecular formula is C11H17N5S. The van der Waals surface area contributed by atoms with Crippen LogP contribution in [0.1, 0.15) is 17.6 Å². The number of likely N-dealkylation sites (N-methyl/N-ethyl adjacent to an activating group) is 1. The summed E-state index contributed by atoms with van der Waals surface area (Å²) in [5.74, 6) is 0.801. The molecule has 1 atom stereocenters. The van der Waals surface area contributed by atoms with Crippen LogP contribution in [-0.4, -0.2) is 32.8 Å². The van der Waals surface area contributed by atoms with Crippen LogP contribution in [0, 0.1) is 0 Å². The number of aromatic nitrogens is 4. The Morgan fingerprint density at radius 1 is 1.47 bits per heavy atom. The molecule has 0 aliphatic rings. The van der Waals surface area contributed by atoms with Crippen molar-refractivity contribution in [3.8, 4) is 0 Å². The molecule has 0 spiro atoms. The number of tetrazole rings is 1. The van der Waals surface area contributed by atoms with Crippen LogP contribution in [-0.2, 0) is 19.9 Å². The van der Waals surface area contributed by atoms with Crippen molar-refractivity contribution >= 4 is 11.3 Å². The second-order valence-electron chi connectivity index (χ2n) is 3.94. The zero-order chi connectivity index (χ0) is 12.1. The average molecular weight is 251 g/mol. The van der Waals surface area contributed by atoms with E-state index in [4.69, 9.17) is 0 Å². The van der Waals surface area contributed by atoms with Crippen molar-refractivity contribution in [1.82, 2.24) is 25.5 Å². The molecule has 1 unspecified atom stereocenters. The highest BCUT2D eigenvalue weighted by molar-refractivity contribution is 7.09. The van der Waals surface area contributed by atoms with Crippen LogP contribution in [0.5, 0.6) is 0 Å². The van der Waals surface area contributed by atoms with Crippen molar-refractivity contribution < 1.29 is 0 Å². The first-order valence-corrected chi connectivity index (χ1v) is 6.64. The summed E-state index contributed by atoms with van der Waals surface area (Å²) >= 11 is 1.79. The molecule has 5 nitrogen and oxygen atoms in total. The highest BCUT2D eigenvalue weighted by atomic mass is 32.1. The lowest BCUT2D eigenvalue weighted by atomic mass is 10.1. The largest absolute Gasteiger partial charge is 0.313 e. The third-order valence-electron chi connectivity index (χ3n) is 2.50. The highest BCUT2D eigenvalue weighted by Crippen LogP contribution is 2.12. The Kier molecular flexibility index (Phi) is 4.22. The molecule has 0 saturated carbocycles. The predicted molar refractivity (Wildman–Crippen MR) is 68.0 cm³/mol. The molecular weight excluding hydrogens is 234 g/mol. The maximum atomic E-state index is 4.22. The lowest BCUT2D eigenvalue weighted by molar-refractivity contribution is 0.512. The number of hydrogen-bond donors (Lipinski definition) is 1. The Morgan fingerprint density at radius 3 is 2.94 bits per heavy atom. The van der Waals surface area contributed by atoms with Gasteiger partial charge in [-0.25, -0.2) is 0 Å². The lowest BCUT2D eigenvalue weighted by Gasteiger charge is -2.14. The summed E-state index contributed by atoms with van der Waals surface area (Å²) in [6.45, 7) is 3.07. The van der Waals surface area contributed by atoms with Crippen LogP contribution in [0.4, 0.5) is 0 Å². The van der Waals surface area contributed by atoms with Gasteiger partial charge in [0.25, 0.3) is 0 Å². The van der Waals surface area contributed by atoms with Gasteiger partial charge in [0.05, 0.1) is 7.05 Å². The van der Waals surface area contributed by atoms with Gasteiger partial charge in [-0.05, 0) is 29.6 Å². The monoisotopic (exact) mass is 251 g/mol. The molecule has 0 amide bonds. The van der Waals surface area contributed by atoms with E-state index in [1.54, 1.807) is 18.4 Å². The van der Waals surface area contributed by atoms with E-state index >= 15 is 0 Å². The van der Waals surface area contributed by atoms with E-state index in [9.17, 15) is 0 Å². The van der Waals surface area contributed by atoms with Crippen LogP contribution in [0.25, 0.3) is 0 Å². The molecule has 0 saturated heterocycles. The molecule has 0 fully saturated rings. The van der Waals surface area contributed by atoms with E-state index in [2.05, 4.69) is 45.2 Å². The number of thiophene rings is 1. The van der Waals surface area contributed by atoms with Crippen LogP contribution < -0.4 is 5.32 Å². The molecule has 1 N–H and O–H groups in total. The molecule has 2 aromatic heterocycles. The van der Waals surface area contributed by atoms with Crippen molar-refractivity contribution in [2.45, 2.75) is 25.8 Å². The molecule has 0 aromatic carbocycles. The summed E-state index contributed by atoms with van der Waals surface area (Å²) < 4.78 is 0. The predicted octanol–water partition coefficient (Wildman–Crippen LogP) is 1.03. The summed E-state index contributed by atoms with van der Waals surface area (Å²) in [5, 5.41) is 17.7. The van der Waals surface area contributed by atoms with E-state index < -0.39 is 0 Å². The number of nitrogens with one attached hydrogen (secondary N) is 1. The first-order valence-electron chi connectivity index (χ1n) is 5.76. The number of rotatable bonds is 6. The number of nitrogens with zero attached hydrogens (tertiary/aromatic N) is 4. The molecule has 2 aromatic rings. The molecule has 92 valence electrons. The molecule has 2 rings (SSSR count). The van der Waals surface area contributed by atoms with Gasteiger partial charge in [-0.15, -0.1) is 21.5 Å². The Balaban J connectivity index is 1.97. The summed E-state index contributed by atoms with van der Waals surface area (Å²) in [7, 11) is 1.79. The van der Waals surface area contributed by atoms with Crippen LogP contribution in [0.2, 0.25) is 0 Å². The van der Waals surface area contributed by atoms with Crippen LogP contribution >= 0.6 is 11.3 Å². The standard InChI is InChI=1S/C11H17N5S/c1-3-12-9(7-10-5-4-6-17-10)8-11-13-15-16(2)14-11/h4-6,9,12H,3,7-8H2,1-2H3.